The average molecular weight is 352 g/mol. The first kappa shape index (κ1) is 17.7. The molecule has 0 saturated carbocycles. The summed E-state index contributed by atoms with van der Waals surface area (Å²) in [6.45, 7) is 1.47. The predicted octanol–water partition coefficient (Wildman–Crippen LogP) is 1.27. The highest BCUT2D eigenvalue weighted by molar-refractivity contribution is 5.78. The van der Waals surface area contributed by atoms with E-state index in [0.717, 1.165) is 16.9 Å². The van der Waals surface area contributed by atoms with E-state index < -0.39 is 0 Å². The molecule has 0 radical (unpaired) electrons. The van der Waals surface area contributed by atoms with Crippen molar-refractivity contribution < 1.29 is 9.53 Å². The maximum Gasteiger partial charge on any atom is 0.227 e. The van der Waals surface area contributed by atoms with Gasteiger partial charge < -0.3 is 9.64 Å². The standard InChI is InChI=1S/C18H20N6O2/c1-26-11-10-23(13-16-4-2-3-9-19-16)18(25)12-15-5-7-17(8-6-15)24-14-20-21-22-24/h2-9,14H,10-13H2,1H3. The fourth-order valence-corrected chi connectivity index (χ4v) is 2.51. The van der Waals surface area contributed by atoms with Crippen LogP contribution in [0.5, 0.6) is 0 Å². The lowest BCUT2D eigenvalue weighted by Gasteiger charge is -2.22. The van der Waals surface area contributed by atoms with Crippen molar-refractivity contribution >= 4 is 5.91 Å². The number of pyridine rings is 1. The Kier molecular flexibility index (Phi) is 6.00. The molecule has 0 N–H and O–H groups in total. The van der Waals surface area contributed by atoms with Gasteiger partial charge in [-0.25, -0.2) is 4.68 Å². The molecule has 0 fully saturated rings. The van der Waals surface area contributed by atoms with Crippen molar-refractivity contribution in [3.8, 4) is 5.69 Å². The molecule has 0 saturated heterocycles. The van der Waals surface area contributed by atoms with Crippen molar-refractivity contribution in [2.45, 2.75) is 13.0 Å². The molecule has 0 atom stereocenters. The number of methoxy groups -OCH3 is 1. The van der Waals surface area contributed by atoms with Gasteiger partial charge in [0.1, 0.15) is 6.33 Å². The van der Waals surface area contributed by atoms with Gasteiger partial charge in [-0.2, -0.15) is 0 Å². The van der Waals surface area contributed by atoms with E-state index in [1.807, 2.05) is 42.5 Å². The van der Waals surface area contributed by atoms with Gasteiger partial charge in [0, 0.05) is 19.9 Å². The Balaban J connectivity index is 1.66. The molecule has 8 nitrogen and oxygen atoms in total. The number of benzene rings is 1. The molecule has 8 heteroatoms. The van der Waals surface area contributed by atoms with Crippen molar-refractivity contribution in [3.05, 3.63) is 66.2 Å². The summed E-state index contributed by atoms with van der Waals surface area (Å²) < 4.78 is 6.70. The first-order chi connectivity index (χ1) is 12.8. The summed E-state index contributed by atoms with van der Waals surface area (Å²) in [7, 11) is 1.63. The first-order valence-corrected chi connectivity index (χ1v) is 8.25. The lowest BCUT2D eigenvalue weighted by molar-refractivity contribution is -0.131. The zero-order valence-corrected chi connectivity index (χ0v) is 14.5. The lowest BCUT2D eigenvalue weighted by atomic mass is 10.1. The van der Waals surface area contributed by atoms with Gasteiger partial charge in [0.2, 0.25) is 5.91 Å². The first-order valence-electron chi connectivity index (χ1n) is 8.25. The minimum absolute atomic E-state index is 0.0304. The molecule has 0 aliphatic carbocycles. The number of aromatic nitrogens is 5. The monoisotopic (exact) mass is 352 g/mol. The number of nitrogens with zero attached hydrogens (tertiary/aromatic N) is 6. The molecule has 0 spiro atoms. The summed E-state index contributed by atoms with van der Waals surface area (Å²) >= 11 is 0. The van der Waals surface area contributed by atoms with Crippen molar-refractivity contribution in [1.29, 1.82) is 0 Å². The maximum atomic E-state index is 12.7. The van der Waals surface area contributed by atoms with E-state index >= 15 is 0 Å². The Labute approximate surface area is 151 Å². The second kappa shape index (κ2) is 8.82. The minimum Gasteiger partial charge on any atom is -0.383 e. The Morgan fingerprint density at radius 3 is 2.69 bits per heavy atom. The number of carbonyl (C=O) groups excluding carboxylic acids is 1. The summed E-state index contributed by atoms with van der Waals surface area (Å²) in [6.07, 6.45) is 3.57. The number of hydrogen-bond donors (Lipinski definition) is 0. The van der Waals surface area contributed by atoms with E-state index in [4.69, 9.17) is 4.74 Å². The van der Waals surface area contributed by atoms with Crippen LogP contribution >= 0.6 is 0 Å². The van der Waals surface area contributed by atoms with Gasteiger partial charge in [-0.1, -0.05) is 18.2 Å². The molecule has 1 aromatic carbocycles. The normalized spacial score (nSPS) is 10.7. The molecule has 0 bridgehead atoms. The van der Waals surface area contributed by atoms with Crippen molar-refractivity contribution in [2.24, 2.45) is 0 Å². The molecular formula is C18H20N6O2. The minimum atomic E-state index is 0.0304. The number of rotatable bonds is 8. The second-order valence-corrected chi connectivity index (χ2v) is 5.73. The fraction of sp³-hybridized carbons (Fsp3) is 0.278. The predicted molar refractivity (Wildman–Crippen MR) is 94.4 cm³/mol. The zero-order valence-electron chi connectivity index (χ0n) is 14.5. The molecule has 26 heavy (non-hydrogen) atoms. The highest BCUT2D eigenvalue weighted by Gasteiger charge is 2.15. The van der Waals surface area contributed by atoms with Crippen molar-refractivity contribution in [1.82, 2.24) is 30.1 Å². The molecule has 1 amide bonds. The average Bonchev–Trinajstić information content (AvgIpc) is 3.21. The molecule has 2 aromatic heterocycles. The topological polar surface area (TPSA) is 86.0 Å². The smallest absolute Gasteiger partial charge is 0.227 e. The quantitative estimate of drug-likeness (QED) is 0.607. The van der Waals surface area contributed by atoms with Crippen LogP contribution in [0, 0.1) is 0 Å². The van der Waals surface area contributed by atoms with Gasteiger partial charge in [0.25, 0.3) is 0 Å². The highest BCUT2D eigenvalue weighted by atomic mass is 16.5. The summed E-state index contributed by atoms with van der Waals surface area (Å²) in [4.78, 5) is 18.8. The van der Waals surface area contributed by atoms with Crippen LogP contribution in [-0.2, 0) is 22.5 Å². The Bertz CT molecular complexity index is 805. The summed E-state index contributed by atoms with van der Waals surface area (Å²) in [5.41, 5.74) is 2.62. The SMILES string of the molecule is COCCN(Cc1ccccn1)C(=O)Cc1ccc(-n2cnnn2)cc1. The van der Waals surface area contributed by atoms with Gasteiger partial charge in [0.15, 0.2) is 0 Å². The second-order valence-electron chi connectivity index (χ2n) is 5.73. The highest BCUT2D eigenvalue weighted by Crippen LogP contribution is 2.11. The van der Waals surface area contributed by atoms with E-state index in [1.165, 1.54) is 6.33 Å². The van der Waals surface area contributed by atoms with Gasteiger partial charge in [-0.05, 0) is 40.3 Å². The number of carbonyl (C=O) groups is 1. The number of hydrogen-bond acceptors (Lipinski definition) is 6. The van der Waals surface area contributed by atoms with Gasteiger partial charge in [0.05, 0.1) is 31.0 Å². The molecular weight excluding hydrogens is 332 g/mol. The molecule has 0 unspecified atom stereocenters. The lowest BCUT2D eigenvalue weighted by Crippen LogP contribution is -2.34. The van der Waals surface area contributed by atoms with E-state index in [2.05, 4.69) is 20.5 Å². The Morgan fingerprint density at radius 2 is 2.04 bits per heavy atom. The molecule has 134 valence electrons. The summed E-state index contributed by atoms with van der Waals surface area (Å²) in [5.74, 6) is 0.0304. The van der Waals surface area contributed by atoms with Crippen LogP contribution in [0.2, 0.25) is 0 Å². The molecule has 3 aromatic rings. The van der Waals surface area contributed by atoms with E-state index in [0.29, 0.717) is 26.1 Å². The van der Waals surface area contributed by atoms with Gasteiger partial charge in [-0.3, -0.25) is 9.78 Å². The van der Waals surface area contributed by atoms with Crippen LogP contribution in [0.4, 0.5) is 0 Å². The summed E-state index contributed by atoms with van der Waals surface area (Å²) in [5, 5.41) is 11.1. The van der Waals surface area contributed by atoms with Crippen LogP contribution in [-0.4, -0.2) is 56.3 Å². The van der Waals surface area contributed by atoms with Crippen molar-refractivity contribution in [2.75, 3.05) is 20.3 Å². The van der Waals surface area contributed by atoms with Crippen LogP contribution in [0.3, 0.4) is 0 Å². The number of tetrazole rings is 1. The zero-order chi connectivity index (χ0) is 18.2. The molecule has 2 heterocycles. The van der Waals surface area contributed by atoms with Crippen molar-refractivity contribution in [3.63, 3.8) is 0 Å². The van der Waals surface area contributed by atoms with Gasteiger partial charge >= 0.3 is 0 Å². The van der Waals surface area contributed by atoms with Crippen LogP contribution in [0.25, 0.3) is 5.69 Å². The molecule has 0 aliphatic heterocycles. The molecule has 0 aliphatic rings. The van der Waals surface area contributed by atoms with E-state index in [-0.39, 0.29) is 5.91 Å². The largest absolute Gasteiger partial charge is 0.383 e. The van der Waals surface area contributed by atoms with E-state index in [1.54, 1.807) is 22.9 Å². The van der Waals surface area contributed by atoms with Gasteiger partial charge in [-0.15, -0.1) is 5.10 Å². The third-order valence-electron chi connectivity index (χ3n) is 3.90. The van der Waals surface area contributed by atoms with Crippen LogP contribution < -0.4 is 0 Å². The van der Waals surface area contributed by atoms with E-state index in [9.17, 15) is 4.79 Å². The number of amides is 1. The van der Waals surface area contributed by atoms with Crippen LogP contribution in [0.15, 0.2) is 55.0 Å². The van der Waals surface area contributed by atoms with Crippen LogP contribution in [0.1, 0.15) is 11.3 Å². The maximum absolute atomic E-state index is 12.7. The third-order valence-corrected chi connectivity index (χ3v) is 3.90. The third kappa shape index (κ3) is 4.70. The Hall–Kier alpha value is -3.13. The Morgan fingerprint density at radius 1 is 1.19 bits per heavy atom. The fourth-order valence-electron chi connectivity index (χ4n) is 2.51. The number of ether oxygens (including phenoxy) is 1. The molecule has 3 rings (SSSR count). The summed E-state index contributed by atoms with van der Waals surface area (Å²) in [6, 6.07) is 13.3.